The molecule has 5 nitrogen and oxygen atoms in total. The lowest BCUT2D eigenvalue weighted by molar-refractivity contribution is 0.0526. The molecular weight excluding hydrogens is 328 g/mol. The van der Waals surface area contributed by atoms with Crippen LogP contribution in [0.4, 0.5) is 5.69 Å². The van der Waals surface area contributed by atoms with Crippen molar-refractivity contribution >= 4 is 11.7 Å². The maximum absolute atomic E-state index is 12.1. The molecule has 3 rings (SSSR count). The Hall–Kier alpha value is -2.48. The molecule has 0 amide bonds. The molecule has 1 aliphatic carbocycles. The van der Waals surface area contributed by atoms with Crippen LogP contribution >= 0.6 is 0 Å². The van der Waals surface area contributed by atoms with E-state index in [9.17, 15) is 10.1 Å². The number of anilines is 1. The normalized spacial score (nSPS) is 21.5. The summed E-state index contributed by atoms with van der Waals surface area (Å²) in [4.78, 5) is 14.5. The van der Waals surface area contributed by atoms with E-state index < -0.39 is 0 Å². The zero-order valence-corrected chi connectivity index (χ0v) is 15.7. The van der Waals surface area contributed by atoms with E-state index in [-0.39, 0.29) is 17.9 Å². The molecule has 1 aromatic rings. The molecule has 1 aliphatic heterocycles. The van der Waals surface area contributed by atoms with Crippen LogP contribution in [0.1, 0.15) is 49.0 Å². The fraction of sp³-hybridized carbons (Fsp3) is 0.524. The van der Waals surface area contributed by atoms with Gasteiger partial charge in [0.25, 0.3) is 0 Å². The molecule has 0 fully saturated rings. The number of rotatable bonds is 6. The first-order valence-electron chi connectivity index (χ1n) is 9.38. The van der Waals surface area contributed by atoms with Crippen molar-refractivity contribution in [3.05, 3.63) is 40.7 Å². The summed E-state index contributed by atoms with van der Waals surface area (Å²) in [5, 5.41) is 9.64. The quantitative estimate of drug-likeness (QED) is 0.726. The first kappa shape index (κ1) is 18.3. The number of benzene rings is 1. The summed E-state index contributed by atoms with van der Waals surface area (Å²) in [6.45, 7) is 5.29. The lowest BCUT2D eigenvalue weighted by atomic mass is 9.90. The van der Waals surface area contributed by atoms with Gasteiger partial charge in [0.1, 0.15) is 5.76 Å². The Labute approximate surface area is 155 Å². The van der Waals surface area contributed by atoms with E-state index >= 15 is 0 Å². The monoisotopic (exact) mass is 354 g/mol. The largest absolute Gasteiger partial charge is 0.500 e. The maximum Gasteiger partial charge on any atom is 0.338 e. The number of fused-ring (bicyclic) bond motifs is 1. The van der Waals surface area contributed by atoms with Crippen molar-refractivity contribution in [3.63, 3.8) is 0 Å². The molecule has 0 saturated heterocycles. The third-order valence-electron chi connectivity index (χ3n) is 5.38. The van der Waals surface area contributed by atoms with Gasteiger partial charge in [-0.2, -0.15) is 5.26 Å². The molecule has 0 spiro atoms. The predicted octanol–water partition coefficient (Wildman–Crippen LogP) is 3.84. The van der Waals surface area contributed by atoms with E-state index in [0.717, 1.165) is 49.1 Å². The third-order valence-corrected chi connectivity index (χ3v) is 5.38. The van der Waals surface area contributed by atoms with Crippen LogP contribution in [0.5, 0.6) is 0 Å². The van der Waals surface area contributed by atoms with Gasteiger partial charge in [-0.15, -0.1) is 0 Å². The number of hydrogen-bond acceptors (Lipinski definition) is 5. The molecule has 2 atom stereocenters. The van der Waals surface area contributed by atoms with Gasteiger partial charge in [0.2, 0.25) is 0 Å². The van der Waals surface area contributed by atoms with Crippen LogP contribution < -0.4 is 4.90 Å². The Morgan fingerprint density at radius 3 is 2.85 bits per heavy atom. The van der Waals surface area contributed by atoms with Gasteiger partial charge in [-0.25, -0.2) is 4.79 Å². The Morgan fingerprint density at radius 2 is 2.19 bits per heavy atom. The standard InChI is InChI=1S/C21H26N2O3/c1-4-10-23-18-8-6-14(21(24)26-5-2)11-15(18)12-19(23)16-7-9-20(25-3)17(16)13-22/h6,8,11,16,19H,4-5,7,9-10,12H2,1-3H3. The van der Waals surface area contributed by atoms with Crippen molar-refractivity contribution in [1.82, 2.24) is 0 Å². The van der Waals surface area contributed by atoms with Crippen LogP contribution in [0.15, 0.2) is 29.5 Å². The predicted molar refractivity (Wildman–Crippen MR) is 99.9 cm³/mol. The van der Waals surface area contributed by atoms with Crippen molar-refractivity contribution in [1.29, 1.82) is 5.26 Å². The van der Waals surface area contributed by atoms with Gasteiger partial charge in [0.05, 0.1) is 30.9 Å². The van der Waals surface area contributed by atoms with Crippen LogP contribution in [0.3, 0.4) is 0 Å². The fourth-order valence-corrected chi connectivity index (χ4v) is 4.29. The van der Waals surface area contributed by atoms with Gasteiger partial charge in [0, 0.05) is 30.6 Å². The molecule has 5 heteroatoms. The molecule has 0 saturated carbocycles. The number of nitrogens with zero attached hydrogens (tertiary/aromatic N) is 2. The molecule has 0 bridgehead atoms. The van der Waals surface area contributed by atoms with Gasteiger partial charge in [-0.3, -0.25) is 0 Å². The van der Waals surface area contributed by atoms with Crippen LogP contribution in [0, 0.1) is 17.2 Å². The van der Waals surface area contributed by atoms with Crippen molar-refractivity contribution < 1.29 is 14.3 Å². The lowest BCUT2D eigenvalue weighted by Gasteiger charge is -2.31. The summed E-state index contributed by atoms with van der Waals surface area (Å²) >= 11 is 0. The number of carbonyl (C=O) groups is 1. The second-order valence-electron chi connectivity index (χ2n) is 6.83. The minimum absolute atomic E-state index is 0.181. The van der Waals surface area contributed by atoms with Crippen molar-refractivity contribution in [2.24, 2.45) is 5.92 Å². The second-order valence-corrected chi connectivity index (χ2v) is 6.83. The molecule has 0 radical (unpaired) electrons. The van der Waals surface area contributed by atoms with Crippen LogP contribution in [0.25, 0.3) is 0 Å². The molecule has 0 N–H and O–H groups in total. The molecule has 138 valence electrons. The van der Waals surface area contributed by atoms with Gasteiger partial charge in [-0.1, -0.05) is 6.92 Å². The highest BCUT2D eigenvalue weighted by Crippen LogP contribution is 2.43. The molecule has 0 aromatic heterocycles. The van der Waals surface area contributed by atoms with E-state index in [4.69, 9.17) is 9.47 Å². The van der Waals surface area contributed by atoms with Gasteiger partial charge >= 0.3 is 5.97 Å². The number of ether oxygens (including phenoxy) is 2. The summed E-state index contributed by atoms with van der Waals surface area (Å²) in [5.41, 5.74) is 3.73. The number of allylic oxidation sites excluding steroid dienone is 1. The molecular formula is C21H26N2O3. The Kier molecular flexibility index (Phi) is 5.51. The third kappa shape index (κ3) is 3.16. The summed E-state index contributed by atoms with van der Waals surface area (Å²) in [7, 11) is 1.65. The number of carbonyl (C=O) groups excluding carboxylic acids is 1. The van der Waals surface area contributed by atoms with Crippen LogP contribution in [-0.2, 0) is 15.9 Å². The minimum Gasteiger partial charge on any atom is -0.500 e. The van der Waals surface area contributed by atoms with E-state index in [0.29, 0.717) is 12.2 Å². The molecule has 26 heavy (non-hydrogen) atoms. The summed E-state index contributed by atoms with van der Waals surface area (Å²) in [6, 6.07) is 8.45. The molecule has 1 heterocycles. The summed E-state index contributed by atoms with van der Waals surface area (Å²) in [5.74, 6) is 0.734. The highest BCUT2D eigenvalue weighted by atomic mass is 16.5. The highest BCUT2D eigenvalue weighted by molar-refractivity contribution is 5.90. The maximum atomic E-state index is 12.1. The SMILES string of the molecule is CCCN1c2ccc(C(=O)OCC)cc2CC1C1CCC(OC)=C1C#N. The van der Waals surface area contributed by atoms with Gasteiger partial charge < -0.3 is 14.4 Å². The fourth-order valence-electron chi connectivity index (χ4n) is 4.29. The van der Waals surface area contributed by atoms with Gasteiger partial charge in [0.15, 0.2) is 0 Å². The van der Waals surface area contributed by atoms with Crippen LogP contribution in [-0.4, -0.2) is 32.3 Å². The minimum atomic E-state index is -0.277. The van der Waals surface area contributed by atoms with Crippen molar-refractivity contribution in [2.45, 2.75) is 45.6 Å². The van der Waals surface area contributed by atoms with Gasteiger partial charge in [-0.05, 0) is 49.9 Å². The van der Waals surface area contributed by atoms with E-state index in [2.05, 4.69) is 17.9 Å². The Bertz CT molecular complexity index is 763. The zero-order chi connectivity index (χ0) is 18.7. The zero-order valence-electron chi connectivity index (χ0n) is 15.7. The number of esters is 1. The van der Waals surface area contributed by atoms with E-state index in [1.54, 1.807) is 7.11 Å². The average molecular weight is 354 g/mol. The first-order chi connectivity index (χ1) is 12.6. The number of nitriles is 1. The van der Waals surface area contributed by atoms with E-state index in [1.165, 1.54) is 5.69 Å². The number of hydrogen-bond donors (Lipinski definition) is 0. The number of methoxy groups -OCH3 is 1. The average Bonchev–Trinajstić information content (AvgIpc) is 3.22. The first-order valence-corrected chi connectivity index (χ1v) is 9.38. The Morgan fingerprint density at radius 1 is 1.38 bits per heavy atom. The molecule has 1 aromatic carbocycles. The molecule has 2 unspecified atom stereocenters. The topological polar surface area (TPSA) is 62.6 Å². The lowest BCUT2D eigenvalue weighted by Crippen LogP contribution is -2.38. The molecule has 2 aliphatic rings. The summed E-state index contributed by atoms with van der Waals surface area (Å²) < 4.78 is 10.6. The summed E-state index contributed by atoms with van der Waals surface area (Å²) in [6.07, 6.45) is 3.64. The smallest absolute Gasteiger partial charge is 0.338 e. The second kappa shape index (κ2) is 7.82. The van der Waals surface area contributed by atoms with E-state index in [1.807, 2.05) is 25.1 Å². The van der Waals surface area contributed by atoms with Crippen molar-refractivity contribution in [2.75, 3.05) is 25.2 Å². The Balaban J connectivity index is 1.92. The van der Waals surface area contributed by atoms with Crippen LogP contribution in [0.2, 0.25) is 0 Å². The van der Waals surface area contributed by atoms with Crippen molar-refractivity contribution in [3.8, 4) is 6.07 Å². The highest BCUT2D eigenvalue weighted by Gasteiger charge is 2.40.